The van der Waals surface area contributed by atoms with E-state index in [0.29, 0.717) is 5.71 Å². The van der Waals surface area contributed by atoms with Gasteiger partial charge in [-0.25, -0.2) is 0 Å². The molecule has 196 valence electrons. The molecule has 6 rings (SSSR count). The SMILES string of the molecule is C=CC1=C(c2ccccc2C)C(C(=N)c2ccccc2)=C(C2(C)C=CC(c3cccc4ccccc34)=CC2)CC1. The Morgan fingerprint density at radius 3 is 2.27 bits per heavy atom. The summed E-state index contributed by atoms with van der Waals surface area (Å²) >= 11 is 0. The zero-order valence-corrected chi connectivity index (χ0v) is 23.4. The summed E-state index contributed by atoms with van der Waals surface area (Å²) < 4.78 is 0. The van der Waals surface area contributed by atoms with Crippen LogP contribution in [0.15, 0.2) is 145 Å². The molecule has 40 heavy (non-hydrogen) atoms. The lowest BCUT2D eigenvalue weighted by Crippen LogP contribution is -2.25. The molecule has 0 aliphatic heterocycles. The van der Waals surface area contributed by atoms with Crippen LogP contribution in [0.5, 0.6) is 0 Å². The highest BCUT2D eigenvalue weighted by atomic mass is 14.5. The molecule has 0 heterocycles. The fourth-order valence-electron chi connectivity index (χ4n) is 6.41. The average molecular weight is 518 g/mol. The van der Waals surface area contributed by atoms with E-state index in [-0.39, 0.29) is 5.41 Å². The Kier molecular flexibility index (Phi) is 6.82. The van der Waals surface area contributed by atoms with Gasteiger partial charge in [-0.1, -0.05) is 135 Å². The molecule has 0 saturated heterocycles. The number of allylic oxidation sites excluding steroid dienone is 9. The summed E-state index contributed by atoms with van der Waals surface area (Å²) in [5.41, 5.74) is 11.1. The zero-order valence-electron chi connectivity index (χ0n) is 23.4. The summed E-state index contributed by atoms with van der Waals surface area (Å²) in [5, 5.41) is 12.1. The van der Waals surface area contributed by atoms with Crippen molar-refractivity contribution in [2.75, 3.05) is 0 Å². The fraction of sp³-hybridized carbons (Fsp3) is 0.154. The van der Waals surface area contributed by atoms with Gasteiger partial charge >= 0.3 is 0 Å². The number of fused-ring (bicyclic) bond motifs is 1. The topological polar surface area (TPSA) is 23.9 Å². The Bertz CT molecular complexity index is 1750. The van der Waals surface area contributed by atoms with E-state index in [4.69, 9.17) is 0 Å². The minimum absolute atomic E-state index is 0.189. The van der Waals surface area contributed by atoms with E-state index >= 15 is 0 Å². The van der Waals surface area contributed by atoms with Crippen LogP contribution in [0.2, 0.25) is 0 Å². The van der Waals surface area contributed by atoms with Gasteiger partial charge in [-0.05, 0) is 75.9 Å². The third-order valence-electron chi connectivity index (χ3n) is 8.66. The van der Waals surface area contributed by atoms with Crippen LogP contribution in [0.1, 0.15) is 48.4 Å². The molecule has 2 aliphatic rings. The lowest BCUT2D eigenvalue weighted by Gasteiger charge is -2.38. The quantitative estimate of drug-likeness (QED) is 0.246. The van der Waals surface area contributed by atoms with Gasteiger partial charge in [0.1, 0.15) is 0 Å². The molecule has 1 nitrogen and oxygen atoms in total. The molecule has 1 unspecified atom stereocenters. The second-order valence-corrected chi connectivity index (χ2v) is 11.2. The standard InChI is InChI=1S/C39H35N/c1-4-28-21-22-35(37(38(40)31-15-6-5-7-16-31)36(28)32-18-10-8-13-27(32)2)39(3)25-23-30(24-26-39)34-20-12-17-29-14-9-11-19-33(29)34/h4-20,23-25,40H,1,21-22,26H2,2-3H3. The zero-order chi connectivity index (χ0) is 27.7. The average Bonchev–Trinajstić information content (AvgIpc) is 3.01. The van der Waals surface area contributed by atoms with Crippen molar-refractivity contribution in [3.8, 4) is 0 Å². The summed E-state index contributed by atoms with van der Waals surface area (Å²) in [6, 6.07) is 33.9. The van der Waals surface area contributed by atoms with E-state index in [2.05, 4.69) is 118 Å². The first-order valence-electron chi connectivity index (χ1n) is 14.2. The van der Waals surface area contributed by atoms with Gasteiger partial charge in [-0.3, -0.25) is 5.41 Å². The highest BCUT2D eigenvalue weighted by Gasteiger charge is 2.36. The third-order valence-corrected chi connectivity index (χ3v) is 8.66. The van der Waals surface area contributed by atoms with Crippen molar-refractivity contribution < 1.29 is 0 Å². The maximum atomic E-state index is 9.57. The number of rotatable bonds is 6. The van der Waals surface area contributed by atoms with E-state index in [1.54, 1.807) is 0 Å². The minimum atomic E-state index is -0.189. The van der Waals surface area contributed by atoms with Gasteiger partial charge in [0.05, 0.1) is 5.71 Å². The van der Waals surface area contributed by atoms with Crippen LogP contribution in [0.4, 0.5) is 0 Å². The molecule has 0 radical (unpaired) electrons. The van der Waals surface area contributed by atoms with Gasteiger partial charge in [0.2, 0.25) is 0 Å². The van der Waals surface area contributed by atoms with E-state index in [0.717, 1.165) is 30.4 Å². The Hall–Kier alpha value is -4.49. The molecular weight excluding hydrogens is 482 g/mol. The van der Waals surface area contributed by atoms with Crippen LogP contribution >= 0.6 is 0 Å². The Morgan fingerprint density at radius 2 is 1.52 bits per heavy atom. The fourth-order valence-corrected chi connectivity index (χ4v) is 6.41. The van der Waals surface area contributed by atoms with Crippen molar-refractivity contribution in [2.24, 2.45) is 5.41 Å². The highest BCUT2D eigenvalue weighted by Crippen LogP contribution is 2.50. The first-order valence-corrected chi connectivity index (χ1v) is 14.2. The molecular formula is C39H35N. The van der Waals surface area contributed by atoms with Gasteiger partial charge < -0.3 is 0 Å². The summed E-state index contributed by atoms with van der Waals surface area (Å²) in [4.78, 5) is 0. The van der Waals surface area contributed by atoms with E-state index < -0.39 is 0 Å². The number of benzene rings is 4. The van der Waals surface area contributed by atoms with Crippen molar-refractivity contribution in [1.29, 1.82) is 5.41 Å². The molecule has 1 atom stereocenters. The van der Waals surface area contributed by atoms with Crippen LogP contribution < -0.4 is 0 Å². The van der Waals surface area contributed by atoms with Gasteiger partial charge in [0.25, 0.3) is 0 Å². The smallest absolute Gasteiger partial charge is 0.0690 e. The Labute approximate surface area is 238 Å². The monoisotopic (exact) mass is 517 g/mol. The highest BCUT2D eigenvalue weighted by molar-refractivity contribution is 6.22. The second-order valence-electron chi connectivity index (χ2n) is 11.2. The third kappa shape index (κ3) is 4.52. The molecule has 0 spiro atoms. The van der Waals surface area contributed by atoms with Crippen LogP contribution in [0.25, 0.3) is 21.9 Å². The van der Waals surface area contributed by atoms with Crippen molar-refractivity contribution in [3.05, 3.63) is 167 Å². The normalized spacial score (nSPS) is 19.1. The predicted octanol–water partition coefficient (Wildman–Crippen LogP) is 10.3. The van der Waals surface area contributed by atoms with Gasteiger partial charge in [0, 0.05) is 16.6 Å². The summed E-state index contributed by atoms with van der Waals surface area (Å²) in [6.45, 7) is 8.72. The number of nitrogens with one attached hydrogen (secondary N) is 1. The molecule has 2 aliphatic carbocycles. The maximum Gasteiger partial charge on any atom is 0.0690 e. The van der Waals surface area contributed by atoms with Crippen molar-refractivity contribution in [2.45, 2.75) is 33.1 Å². The Morgan fingerprint density at radius 1 is 0.825 bits per heavy atom. The first-order chi connectivity index (χ1) is 19.5. The maximum absolute atomic E-state index is 9.57. The van der Waals surface area contributed by atoms with Gasteiger partial charge in [-0.15, -0.1) is 0 Å². The second kappa shape index (κ2) is 10.6. The lowest BCUT2D eigenvalue weighted by molar-refractivity contribution is 0.493. The molecule has 0 aromatic heterocycles. The molecule has 0 saturated carbocycles. The molecule has 4 aromatic rings. The van der Waals surface area contributed by atoms with Crippen LogP contribution in [-0.4, -0.2) is 5.71 Å². The van der Waals surface area contributed by atoms with E-state index in [9.17, 15) is 5.41 Å². The predicted molar refractivity (Wildman–Crippen MR) is 172 cm³/mol. The number of hydrogen-bond acceptors (Lipinski definition) is 1. The van der Waals surface area contributed by atoms with Gasteiger partial charge in [-0.2, -0.15) is 0 Å². The molecule has 0 bridgehead atoms. The summed E-state index contributed by atoms with van der Waals surface area (Å²) in [7, 11) is 0. The van der Waals surface area contributed by atoms with Crippen molar-refractivity contribution in [1.82, 2.24) is 0 Å². The largest absolute Gasteiger partial charge is 0.300 e. The summed E-state index contributed by atoms with van der Waals surface area (Å²) in [5.74, 6) is 0. The van der Waals surface area contributed by atoms with Crippen LogP contribution in [-0.2, 0) is 0 Å². The van der Waals surface area contributed by atoms with Gasteiger partial charge in [0.15, 0.2) is 0 Å². The molecule has 0 fully saturated rings. The Balaban J connectivity index is 1.51. The first kappa shape index (κ1) is 25.8. The lowest BCUT2D eigenvalue weighted by atomic mass is 9.66. The van der Waals surface area contributed by atoms with Crippen molar-refractivity contribution in [3.63, 3.8) is 0 Å². The molecule has 4 aromatic carbocycles. The summed E-state index contributed by atoms with van der Waals surface area (Å²) in [6.07, 6.45) is 11.9. The van der Waals surface area contributed by atoms with E-state index in [1.165, 1.54) is 49.8 Å². The number of aryl methyl sites for hydroxylation is 1. The van der Waals surface area contributed by atoms with E-state index in [1.807, 2.05) is 24.3 Å². The minimum Gasteiger partial charge on any atom is -0.300 e. The molecule has 0 amide bonds. The molecule has 1 heteroatoms. The van der Waals surface area contributed by atoms with Crippen molar-refractivity contribution >= 4 is 27.6 Å². The van der Waals surface area contributed by atoms with Crippen LogP contribution in [0, 0.1) is 17.7 Å². The number of hydrogen-bond donors (Lipinski definition) is 1. The van der Waals surface area contributed by atoms with Crippen LogP contribution in [0.3, 0.4) is 0 Å². The molecule has 1 N–H and O–H groups in total.